The van der Waals surface area contributed by atoms with E-state index in [0.29, 0.717) is 6.61 Å². The van der Waals surface area contributed by atoms with Gasteiger partial charge in [-0.2, -0.15) is 0 Å². The Kier molecular flexibility index (Phi) is 5.38. The average molecular weight is 202 g/mol. The lowest BCUT2D eigenvalue weighted by atomic mass is 10.1. The monoisotopic (exact) mass is 202 g/mol. The average Bonchev–Trinajstić information content (AvgIpc) is 2.11. The van der Waals surface area contributed by atoms with Crippen LogP contribution in [0.4, 0.5) is 0 Å². The predicted octanol–water partition coefficient (Wildman–Crippen LogP) is 1.32. The van der Waals surface area contributed by atoms with Crippen molar-refractivity contribution in [3.05, 3.63) is 0 Å². The van der Waals surface area contributed by atoms with Crippen LogP contribution < -0.4 is 0 Å². The van der Waals surface area contributed by atoms with Crippen molar-refractivity contribution in [2.45, 2.75) is 39.7 Å². The van der Waals surface area contributed by atoms with Crippen LogP contribution in [0.2, 0.25) is 0 Å². The maximum Gasteiger partial charge on any atom is 0.332 e. The van der Waals surface area contributed by atoms with Gasteiger partial charge in [0.1, 0.15) is 12.2 Å². The number of hydrogen-bond donors (Lipinski definition) is 0. The quantitative estimate of drug-likeness (QED) is 0.610. The lowest BCUT2D eigenvalue weighted by Crippen LogP contribution is -2.35. The van der Waals surface area contributed by atoms with E-state index < -0.39 is 11.6 Å². The number of carbonyl (C=O) groups excluding carboxylic acids is 2. The van der Waals surface area contributed by atoms with Crippen LogP contribution in [0.15, 0.2) is 0 Å². The third-order valence-electron chi connectivity index (χ3n) is 1.87. The van der Waals surface area contributed by atoms with Crippen LogP contribution in [-0.4, -0.2) is 30.6 Å². The van der Waals surface area contributed by atoms with Crippen molar-refractivity contribution in [3.8, 4) is 0 Å². The van der Waals surface area contributed by atoms with Gasteiger partial charge in [0.15, 0.2) is 5.78 Å². The molecule has 0 rings (SSSR count). The van der Waals surface area contributed by atoms with Gasteiger partial charge < -0.3 is 9.47 Å². The first-order valence-corrected chi connectivity index (χ1v) is 4.70. The van der Waals surface area contributed by atoms with E-state index in [1.165, 1.54) is 6.92 Å². The molecule has 0 amide bonds. The summed E-state index contributed by atoms with van der Waals surface area (Å²) in [6, 6.07) is 0. The van der Waals surface area contributed by atoms with E-state index in [1.807, 2.05) is 6.92 Å². The largest absolute Gasteiger partial charge is 0.464 e. The van der Waals surface area contributed by atoms with Gasteiger partial charge in [0.2, 0.25) is 0 Å². The standard InChI is InChI=1S/C10H18O4/c1-5-6-13-9(12)7-14-10(3,4)8(2)11/h5-7H2,1-4H3. The van der Waals surface area contributed by atoms with Crippen molar-refractivity contribution in [1.29, 1.82) is 0 Å². The Balaban J connectivity index is 3.82. The SMILES string of the molecule is CCCOC(=O)COC(C)(C)C(C)=O. The maximum absolute atomic E-state index is 11.0. The molecule has 0 aromatic carbocycles. The smallest absolute Gasteiger partial charge is 0.332 e. The molecule has 0 aliphatic rings. The second kappa shape index (κ2) is 5.75. The molecular weight excluding hydrogens is 184 g/mol. The van der Waals surface area contributed by atoms with Crippen molar-refractivity contribution in [2.75, 3.05) is 13.2 Å². The molecule has 0 bridgehead atoms. The molecule has 14 heavy (non-hydrogen) atoms. The molecule has 82 valence electrons. The Labute approximate surface area is 84.6 Å². The summed E-state index contributed by atoms with van der Waals surface area (Å²) < 4.78 is 9.92. The highest BCUT2D eigenvalue weighted by molar-refractivity contribution is 5.84. The number of esters is 1. The Bertz CT molecular complexity index is 208. The first-order chi connectivity index (χ1) is 6.40. The van der Waals surface area contributed by atoms with Crippen molar-refractivity contribution >= 4 is 11.8 Å². The third kappa shape index (κ3) is 4.97. The molecule has 0 saturated carbocycles. The van der Waals surface area contributed by atoms with Gasteiger partial charge in [-0.25, -0.2) is 4.79 Å². The van der Waals surface area contributed by atoms with Crippen LogP contribution in [-0.2, 0) is 19.1 Å². The Morgan fingerprint density at radius 2 is 1.86 bits per heavy atom. The van der Waals surface area contributed by atoms with Gasteiger partial charge in [0.25, 0.3) is 0 Å². The van der Waals surface area contributed by atoms with E-state index in [2.05, 4.69) is 0 Å². The molecule has 0 aliphatic carbocycles. The highest BCUT2D eigenvalue weighted by Crippen LogP contribution is 2.09. The zero-order valence-electron chi connectivity index (χ0n) is 9.25. The fraction of sp³-hybridized carbons (Fsp3) is 0.800. The summed E-state index contributed by atoms with van der Waals surface area (Å²) in [5, 5.41) is 0. The van der Waals surface area contributed by atoms with Crippen molar-refractivity contribution < 1.29 is 19.1 Å². The molecule has 0 radical (unpaired) electrons. The minimum Gasteiger partial charge on any atom is -0.464 e. The van der Waals surface area contributed by atoms with Gasteiger partial charge in [0.05, 0.1) is 6.61 Å². The Hall–Kier alpha value is -0.900. The Morgan fingerprint density at radius 1 is 1.29 bits per heavy atom. The van der Waals surface area contributed by atoms with E-state index in [1.54, 1.807) is 13.8 Å². The van der Waals surface area contributed by atoms with Gasteiger partial charge >= 0.3 is 5.97 Å². The lowest BCUT2D eigenvalue weighted by molar-refractivity contribution is -0.158. The van der Waals surface area contributed by atoms with Crippen molar-refractivity contribution in [2.24, 2.45) is 0 Å². The highest BCUT2D eigenvalue weighted by atomic mass is 16.6. The van der Waals surface area contributed by atoms with Crippen molar-refractivity contribution in [3.63, 3.8) is 0 Å². The van der Waals surface area contributed by atoms with E-state index in [4.69, 9.17) is 9.47 Å². The minimum absolute atomic E-state index is 0.110. The van der Waals surface area contributed by atoms with Crippen LogP contribution in [0.5, 0.6) is 0 Å². The van der Waals surface area contributed by atoms with Gasteiger partial charge in [0, 0.05) is 0 Å². The summed E-state index contributed by atoms with van der Waals surface area (Å²) in [5.41, 5.74) is -0.911. The van der Waals surface area contributed by atoms with Crippen LogP contribution in [0.3, 0.4) is 0 Å². The molecule has 0 N–H and O–H groups in total. The summed E-state index contributed by atoms with van der Waals surface area (Å²) >= 11 is 0. The van der Waals surface area contributed by atoms with Crippen LogP contribution >= 0.6 is 0 Å². The van der Waals surface area contributed by atoms with E-state index >= 15 is 0 Å². The Morgan fingerprint density at radius 3 is 2.29 bits per heavy atom. The molecule has 4 heteroatoms. The number of ether oxygens (including phenoxy) is 2. The van der Waals surface area contributed by atoms with Crippen LogP contribution in [0, 0.1) is 0 Å². The first-order valence-electron chi connectivity index (χ1n) is 4.70. The molecule has 0 fully saturated rings. The molecular formula is C10H18O4. The summed E-state index contributed by atoms with van der Waals surface area (Å²) in [7, 11) is 0. The van der Waals surface area contributed by atoms with Gasteiger partial charge in [-0.15, -0.1) is 0 Å². The minimum atomic E-state index is -0.911. The van der Waals surface area contributed by atoms with E-state index in [-0.39, 0.29) is 12.4 Å². The fourth-order valence-corrected chi connectivity index (χ4v) is 0.599. The summed E-state index contributed by atoms with van der Waals surface area (Å²) in [5.74, 6) is -0.540. The molecule has 0 atom stereocenters. The van der Waals surface area contributed by atoms with Gasteiger partial charge in [-0.05, 0) is 27.2 Å². The molecule has 0 saturated heterocycles. The lowest BCUT2D eigenvalue weighted by Gasteiger charge is -2.21. The number of rotatable bonds is 6. The molecule has 0 aliphatic heterocycles. The summed E-state index contributed by atoms with van der Waals surface area (Å²) in [4.78, 5) is 22.0. The molecule has 0 heterocycles. The van der Waals surface area contributed by atoms with E-state index in [9.17, 15) is 9.59 Å². The number of ketones is 1. The molecule has 0 unspecified atom stereocenters. The number of hydrogen-bond acceptors (Lipinski definition) is 4. The fourth-order valence-electron chi connectivity index (χ4n) is 0.599. The summed E-state index contributed by atoms with van der Waals surface area (Å²) in [6.07, 6.45) is 0.780. The number of carbonyl (C=O) groups is 2. The van der Waals surface area contributed by atoms with Gasteiger partial charge in [-0.1, -0.05) is 6.92 Å². The zero-order valence-corrected chi connectivity index (χ0v) is 9.25. The second-order valence-electron chi connectivity index (χ2n) is 3.58. The van der Waals surface area contributed by atoms with Crippen LogP contribution in [0.1, 0.15) is 34.1 Å². The molecule has 0 spiro atoms. The summed E-state index contributed by atoms with van der Waals surface area (Å²) in [6.45, 7) is 6.81. The highest BCUT2D eigenvalue weighted by Gasteiger charge is 2.25. The number of Topliss-reactive ketones (excluding diaryl/α,β-unsaturated/α-hetero) is 1. The predicted molar refractivity (Wildman–Crippen MR) is 52.0 cm³/mol. The van der Waals surface area contributed by atoms with Crippen LogP contribution in [0.25, 0.3) is 0 Å². The topological polar surface area (TPSA) is 52.6 Å². The van der Waals surface area contributed by atoms with Gasteiger partial charge in [-0.3, -0.25) is 4.79 Å². The first kappa shape index (κ1) is 13.1. The van der Waals surface area contributed by atoms with E-state index in [0.717, 1.165) is 6.42 Å². The zero-order chi connectivity index (χ0) is 11.2. The maximum atomic E-state index is 11.0. The third-order valence-corrected chi connectivity index (χ3v) is 1.87. The second-order valence-corrected chi connectivity index (χ2v) is 3.58. The normalized spacial score (nSPS) is 11.1. The molecule has 0 aromatic heterocycles. The molecule has 0 aromatic rings. The van der Waals surface area contributed by atoms with Crippen molar-refractivity contribution in [1.82, 2.24) is 0 Å². The molecule has 4 nitrogen and oxygen atoms in total.